The molecular weight excluding hydrogens is 528 g/mol. The average molecular weight is 575 g/mol. The van der Waals surface area contributed by atoms with E-state index in [0.717, 1.165) is 0 Å². The zero-order chi connectivity index (χ0) is 31.6. The fourth-order valence-electron chi connectivity index (χ4n) is 3.21. The molecule has 1 unspecified atom stereocenters. The number of rotatable bonds is 6. The minimum absolute atomic E-state index is 0.528. The highest BCUT2D eigenvalue weighted by molar-refractivity contribution is 5.78. The molecule has 40 heavy (non-hydrogen) atoms. The zero-order valence-electron chi connectivity index (χ0n) is 26.0. The van der Waals surface area contributed by atoms with E-state index in [1.54, 1.807) is 83.1 Å². The second-order valence-corrected chi connectivity index (χ2v) is 14.2. The maximum Gasteiger partial charge on any atom is 0.508 e. The lowest BCUT2D eigenvalue weighted by atomic mass is 9.90. The molecule has 1 aliphatic rings. The number of carbonyl (C=O) groups excluding carboxylic acids is 4. The van der Waals surface area contributed by atoms with Crippen LogP contribution >= 0.6 is 0 Å². The van der Waals surface area contributed by atoms with E-state index in [-0.39, 0.29) is 0 Å². The predicted octanol–water partition coefficient (Wildman–Crippen LogP) is 4.26. The van der Waals surface area contributed by atoms with E-state index in [9.17, 15) is 29.1 Å². The van der Waals surface area contributed by atoms with Gasteiger partial charge in [0.2, 0.25) is 6.10 Å². The topological polar surface area (TPSA) is 161 Å². The Balaban J connectivity index is 3.82. The van der Waals surface area contributed by atoms with Crippen LogP contribution in [-0.4, -0.2) is 71.9 Å². The van der Waals surface area contributed by atoms with Gasteiger partial charge in [0.15, 0.2) is 12.2 Å². The van der Waals surface area contributed by atoms with E-state index >= 15 is 0 Å². The van der Waals surface area contributed by atoms with Gasteiger partial charge in [-0.2, -0.15) is 0 Å². The highest BCUT2D eigenvalue weighted by Crippen LogP contribution is 2.39. The highest BCUT2D eigenvalue weighted by atomic mass is 16.8. The Morgan fingerprint density at radius 1 is 0.650 bits per heavy atom. The minimum atomic E-state index is -2.26. The van der Waals surface area contributed by atoms with Crippen LogP contribution in [0.25, 0.3) is 0 Å². The Bertz CT molecular complexity index is 973. The summed E-state index contributed by atoms with van der Waals surface area (Å²) in [6.07, 6.45) is -7.98. The van der Waals surface area contributed by atoms with Crippen LogP contribution < -0.4 is 0 Å². The fourth-order valence-corrected chi connectivity index (χ4v) is 3.21. The van der Waals surface area contributed by atoms with Crippen molar-refractivity contribution in [2.45, 2.75) is 120 Å². The zero-order valence-corrected chi connectivity index (χ0v) is 26.0. The molecule has 1 rings (SSSR count). The molecule has 230 valence electrons. The highest BCUT2D eigenvalue weighted by Gasteiger charge is 2.61. The van der Waals surface area contributed by atoms with Crippen molar-refractivity contribution in [3.8, 4) is 0 Å². The first-order chi connectivity index (χ1) is 17.7. The summed E-state index contributed by atoms with van der Waals surface area (Å²) in [6, 6.07) is 0. The molecule has 0 aliphatic carbocycles. The summed E-state index contributed by atoms with van der Waals surface area (Å²) in [5.41, 5.74) is -4.07. The molecular formula is C28H46O12. The third-order valence-corrected chi connectivity index (χ3v) is 5.73. The lowest BCUT2D eigenvalue weighted by Crippen LogP contribution is -2.69. The van der Waals surface area contributed by atoms with Crippen LogP contribution in [0.2, 0.25) is 0 Å². The van der Waals surface area contributed by atoms with E-state index in [2.05, 4.69) is 0 Å². The molecule has 0 spiro atoms. The summed E-state index contributed by atoms with van der Waals surface area (Å²) >= 11 is 0. The minimum Gasteiger partial charge on any atom is -0.462 e. The van der Waals surface area contributed by atoms with Crippen molar-refractivity contribution in [1.29, 1.82) is 0 Å². The summed E-state index contributed by atoms with van der Waals surface area (Å²) in [4.78, 5) is 63.6. The maximum atomic E-state index is 13.1. The van der Waals surface area contributed by atoms with Crippen LogP contribution in [0.15, 0.2) is 0 Å². The van der Waals surface area contributed by atoms with Gasteiger partial charge in [0.25, 0.3) is 5.79 Å². The quantitative estimate of drug-likeness (QED) is 0.355. The summed E-state index contributed by atoms with van der Waals surface area (Å²) < 4.78 is 33.7. The predicted molar refractivity (Wildman–Crippen MR) is 141 cm³/mol. The van der Waals surface area contributed by atoms with Crippen molar-refractivity contribution in [3.05, 3.63) is 0 Å². The van der Waals surface area contributed by atoms with Gasteiger partial charge in [-0.1, -0.05) is 0 Å². The summed E-state index contributed by atoms with van der Waals surface area (Å²) in [5, 5.41) is 9.55. The number of hydrogen-bond donors (Lipinski definition) is 1. The second-order valence-electron chi connectivity index (χ2n) is 14.2. The van der Waals surface area contributed by atoms with Gasteiger partial charge >= 0.3 is 30.0 Å². The smallest absolute Gasteiger partial charge is 0.462 e. The van der Waals surface area contributed by atoms with Crippen molar-refractivity contribution in [2.75, 3.05) is 6.61 Å². The molecule has 1 N–H and O–H groups in total. The van der Waals surface area contributed by atoms with Crippen LogP contribution in [-0.2, 0) is 47.6 Å². The molecule has 0 aromatic heterocycles. The van der Waals surface area contributed by atoms with Gasteiger partial charge in [0.05, 0.1) is 21.7 Å². The van der Waals surface area contributed by atoms with E-state index in [1.807, 2.05) is 0 Å². The fraction of sp³-hybridized carbons (Fsp3) is 0.821. The molecule has 0 saturated carbocycles. The van der Waals surface area contributed by atoms with E-state index in [0.29, 0.717) is 0 Å². The number of hydrogen-bond acceptors (Lipinski definition) is 11. The second kappa shape index (κ2) is 11.9. The number of carbonyl (C=O) groups is 5. The van der Waals surface area contributed by atoms with E-state index in [4.69, 9.17) is 28.4 Å². The Hall–Kier alpha value is -2.89. The first-order valence-electron chi connectivity index (χ1n) is 13.1. The molecule has 12 heteroatoms. The molecule has 5 atom stereocenters. The van der Waals surface area contributed by atoms with Crippen molar-refractivity contribution >= 4 is 30.0 Å². The summed E-state index contributed by atoms with van der Waals surface area (Å²) in [5.74, 6) is -5.18. The lowest BCUT2D eigenvalue weighted by molar-refractivity contribution is -0.347. The van der Waals surface area contributed by atoms with Crippen LogP contribution in [0.4, 0.5) is 4.79 Å². The monoisotopic (exact) mass is 574 g/mol. The number of carboxylic acid groups (broad SMARTS) is 1. The standard InChI is InChI=1S/C28H46O12/c1-24(2,3)19(29)35-14-15-16(36-20(30)25(4,5)6)17(37-21(31)26(7,8)9)18(38-22(32)27(10,11)12)28(13,39-15)40-23(33)34/h15-18H,14H2,1-13H3,(H,33,34)/t15-,16-,17+,18-,28?/m1/s1. The van der Waals surface area contributed by atoms with Crippen LogP contribution in [0, 0.1) is 21.7 Å². The van der Waals surface area contributed by atoms with Crippen molar-refractivity contribution in [2.24, 2.45) is 21.7 Å². The van der Waals surface area contributed by atoms with E-state index < -0.39 is 88.5 Å². The van der Waals surface area contributed by atoms with Gasteiger partial charge in [0, 0.05) is 6.92 Å². The molecule has 0 radical (unpaired) electrons. The summed E-state index contributed by atoms with van der Waals surface area (Å²) in [6.45, 7) is 19.8. The SMILES string of the molecule is CC(C)(C)C(=O)OC[C@H]1OC(C)(OC(=O)O)[C@H](OC(=O)C(C)(C)C)[C@@H](OC(=O)C(C)(C)C)[C@@H]1OC(=O)C(C)(C)C. The van der Waals surface area contributed by atoms with Crippen molar-refractivity contribution in [1.82, 2.24) is 0 Å². The number of ether oxygens (including phenoxy) is 6. The van der Waals surface area contributed by atoms with Crippen LogP contribution in [0.1, 0.15) is 90.0 Å². The molecule has 0 aromatic carbocycles. The normalized spacial score (nSPS) is 25.8. The first kappa shape index (κ1) is 35.1. The molecule has 0 aromatic rings. The summed E-state index contributed by atoms with van der Waals surface area (Å²) in [7, 11) is 0. The van der Waals surface area contributed by atoms with Crippen molar-refractivity contribution < 1.29 is 57.5 Å². The van der Waals surface area contributed by atoms with Crippen LogP contribution in [0.3, 0.4) is 0 Å². The molecule has 0 amide bonds. The van der Waals surface area contributed by atoms with Gasteiger partial charge in [-0.15, -0.1) is 0 Å². The molecule has 1 saturated heterocycles. The third-order valence-electron chi connectivity index (χ3n) is 5.73. The molecule has 1 aliphatic heterocycles. The average Bonchev–Trinajstić information content (AvgIpc) is 2.72. The van der Waals surface area contributed by atoms with E-state index in [1.165, 1.54) is 6.92 Å². The maximum absolute atomic E-state index is 13.1. The number of esters is 4. The van der Waals surface area contributed by atoms with Crippen molar-refractivity contribution in [3.63, 3.8) is 0 Å². The lowest BCUT2D eigenvalue weighted by Gasteiger charge is -2.49. The molecule has 1 heterocycles. The Labute approximate surface area is 236 Å². The molecule has 12 nitrogen and oxygen atoms in total. The largest absolute Gasteiger partial charge is 0.508 e. The Morgan fingerprint density at radius 2 is 1.02 bits per heavy atom. The van der Waals surface area contributed by atoms with Gasteiger partial charge < -0.3 is 33.5 Å². The Kier molecular flexibility index (Phi) is 10.5. The van der Waals surface area contributed by atoms with Gasteiger partial charge in [0.1, 0.15) is 12.7 Å². The van der Waals surface area contributed by atoms with Gasteiger partial charge in [-0.25, -0.2) is 4.79 Å². The first-order valence-corrected chi connectivity index (χ1v) is 13.1. The Morgan fingerprint density at radius 3 is 1.40 bits per heavy atom. The van der Waals surface area contributed by atoms with Gasteiger partial charge in [-0.05, 0) is 83.1 Å². The van der Waals surface area contributed by atoms with Gasteiger partial charge in [-0.3, -0.25) is 19.2 Å². The third kappa shape index (κ3) is 9.35. The molecule has 1 fully saturated rings. The molecule has 0 bridgehead atoms. The van der Waals surface area contributed by atoms with Crippen LogP contribution in [0.5, 0.6) is 0 Å².